The van der Waals surface area contributed by atoms with Gasteiger partial charge < -0.3 is 5.32 Å². The summed E-state index contributed by atoms with van der Waals surface area (Å²) >= 11 is 1.54. The summed E-state index contributed by atoms with van der Waals surface area (Å²) in [7, 11) is -2.54. The standard InChI is InChI=1S/C25H32F2NO3PS/c26-22-9-2-1-8-21(22)25(12-3-4-13-25)14-5-6-17-33-24-11-10-20(18-23(24)27)19-28-15-7-16-31-32(29)30/h1-2,8-11,18,28H,3-7,12-17,19H2/p+1. The predicted molar refractivity (Wildman–Crippen MR) is 130 cm³/mol. The second-order valence-electron chi connectivity index (χ2n) is 8.64. The molecule has 1 fully saturated rings. The lowest BCUT2D eigenvalue weighted by molar-refractivity contribution is 0.276. The normalized spacial score (nSPS) is 15.7. The highest BCUT2D eigenvalue weighted by atomic mass is 32.2. The molecule has 4 nitrogen and oxygen atoms in total. The Morgan fingerprint density at radius 1 is 1.06 bits per heavy atom. The average molecular weight is 497 g/mol. The lowest BCUT2D eigenvalue weighted by Crippen LogP contribution is -2.23. The van der Waals surface area contributed by atoms with Crippen LogP contribution in [0.4, 0.5) is 8.78 Å². The summed E-state index contributed by atoms with van der Waals surface area (Å²) in [4.78, 5) is 9.22. The van der Waals surface area contributed by atoms with E-state index in [-0.39, 0.29) is 23.7 Å². The molecule has 1 atom stereocenters. The fourth-order valence-corrected chi connectivity index (χ4v) is 5.90. The quantitative estimate of drug-likeness (QED) is 0.170. The average Bonchev–Trinajstić information content (AvgIpc) is 3.27. The molecule has 0 heterocycles. The van der Waals surface area contributed by atoms with Crippen LogP contribution in [0.25, 0.3) is 0 Å². The zero-order chi connectivity index (χ0) is 23.5. The van der Waals surface area contributed by atoms with Crippen molar-refractivity contribution in [1.29, 1.82) is 0 Å². The van der Waals surface area contributed by atoms with Gasteiger partial charge in [0.2, 0.25) is 0 Å². The minimum absolute atomic E-state index is 0.0300. The Hall–Kier alpha value is -1.37. The van der Waals surface area contributed by atoms with Crippen molar-refractivity contribution >= 4 is 20.0 Å². The number of hydrogen-bond acceptors (Lipinski definition) is 4. The number of rotatable bonds is 14. The number of unbranched alkanes of at least 4 members (excludes halogenated alkanes) is 1. The van der Waals surface area contributed by atoms with Crippen molar-refractivity contribution in [3.63, 3.8) is 0 Å². The molecule has 2 aromatic carbocycles. The minimum Gasteiger partial charge on any atom is -0.313 e. The number of nitrogens with one attached hydrogen (secondary N) is 1. The highest BCUT2D eigenvalue weighted by Gasteiger charge is 2.36. The third-order valence-corrected chi connectivity index (χ3v) is 7.88. The van der Waals surface area contributed by atoms with E-state index in [4.69, 9.17) is 4.89 Å². The Kier molecular flexibility index (Phi) is 10.7. The van der Waals surface area contributed by atoms with Crippen molar-refractivity contribution in [3.05, 3.63) is 65.2 Å². The van der Waals surface area contributed by atoms with Gasteiger partial charge >= 0.3 is 8.25 Å². The van der Waals surface area contributed by atoms with E-state index in [0.29, 0.717) is 24.4 Å². The Morgan fingerprint density at radius 3 is 2.58 bits per heavy atom. The molecule has 33 heavy (non-hydrogen) atoms. The molecule has 8 heteroatoms. The van der Waals surface area contributed by atoms with Gasteiger partial charge in [0.05, 0.1) is 0 Å². The first-order valence-corrected chi connectivity index (χ1v) is 13.8. The molecular formula is C25H33F2NO3PS+. The van der Waals surface area contributed by atoms with Gasteiger partial charge in [0, 0.05) is 16.0 Å². The molecule has 0 spiro atoms. The molecule has 3 rings (SSSR count). The Labute approximate surface area is 200 Å². The second-order valence-corrected chi connectivity index (χ2v) is 10.5. The van der Waals surface area contributed by atoms with Gasteiger partial charge in [-0.15, -0.1) is 21.2 Å². The predicted octanol–water partition coefficient (Wildman–Crippen LogP) is 6.89. The molecule has 1 aliphatic carbocycles. The monoisotopic (exact) mass is 496 g/mol. The van der Waals surface area contributed by atoms with Crippen LogP contribution in [0.5, 0.6) is 0 Å². The highest BCUT2D eigenvalue weighted by molar-refractivity contribution is 7.99. The fraction of sp³-hybridized carbons (Fsp3) is 0.520. The van der Waals surface area contributed by atoms with Crippen LogP contribution >= 0.6 is 20.0 Å². The van der Waals surface area contributed by atoms with E-state index in [1.54, 1.807) is 18.2 Å². The van der Waals surface area contributed by atoms with E-state index in [0.717, 1.165) is 61.8 Å². The number of thioether (sulfide) groups is 1. The SMILES string of the molecule is O=[P+](O)OCCCNCc1ccc(SCCCCC2(c3ccccc3F)CCCC2)c(F)c1. The third kappa shape index (κ3) is 8.11. The molecule has 0 bridgehead atoms. The summed E-state index contributed by atoms with van der Waals surface area (Å²) in [5.41, 5.74) is 1.71. The van der Waals surface area contributed by atoms with Crippen molar-refractivity contribution in [1.82, 2.24) is 5.32 Å². The van der Waals surface area contributed by atoms with Gasteiger partial charge in [-0.1, -0.05) is 43.5 Å². The maximum atomic E-state index is 14.5. The molecule has 1 aliphatic rings. The van der Waals surface area contributed by atoms with E-state index in [1.165, 1.54) is 11.8 Å². The Morgan fingerprint density at radius 2 is 1.85 bits per heavy atom. The molecule has 0 amide bonds. The fourth-order valence-electron chi connectivity index (χ4n) is 4.69. The van der Waals surface area contributed by atoms with Gasteiger partial charge in [0.1, 0.15) is 18.2 Å². The molecule has 0 radical (unpaired) electrons. The van der Waals surface area contributed by atoms with Crippen LogP contribution in [-0.2, 0) is 21.0 Å². The second kappa shape index (κ2) is 13.5. The third-order valence-electron chi connectivity index (χ3n) is 6.34. The largest absolute Gasteiger partial charge is 0.694 e. The molecule has 0 aliphatic heterocycles. The van der Waals surface area contributed by atoms with Crippen molar-refractivity contribution in [2.24, 2.45) is 0 Å². The van der Waals surface area contributed by atoms with E-state index in [1.807, 2.05) is 24.3 Å². The van der Waals surface area contributed by atoms with Crippen molar-refractivity contribution in [2.45, 2.75) is 68.2 Å². The minimum atomic E-state index is -2.54. The van der Waals surface area contributed by atoms with Crippen LogP contribution < -0.4 is 5.32 Å². The van der Waals surface area contributed by atoms with E-state index in [9.17, 15) is 13.3 Å². The van der Waals surface area contributed by atoms with Crippen molar-refractivity contribution < 1.29 is 22.8 Å². The summed E-state index contributed by atoms with van der Waals surface area (Å²) in [6, 6.07) is 12.5. The molecule has 2 N–H and O–H groups in total. The summed E-state index contributed by atoms with van der Waals surface area (Å²) in [5, 5.41) is 3.17. The zero-order valence-corrected chi connectivity index (χ0v) is 20.6. The first kappa shape index (κ1) is 26.2. The maximum Gasteiger partial charge on any atom is 0.694 e. The molecule has 0 saturated heterocycles. The van der Waals surface area contributed by atoms with E-state index >= 15 is 0 Å². The van der Waals surface area contributed by atoms with Gasteiger partial charge in [-0.3, -0.25) is 0 Å². The Bertz CT molecular complexity index is 909. The molecule has 180 valence electrons. The molecule has 2 aromatic rings. The van der Waals surface area contributed by atoms with Gasteiger partial charge in [-0.25, -0.2) is 8.78 Å². The summed E-state index contributed by atoms with van der Waals surface area (Å²) in [6.07, 6.45) is 8.02. The van der Waals surface area contributed by atoms with Crippen LogP contribution in [0.1, 0.15) is 62.5 Å². The summed E-state index contributed by atoms with van der Waals surface area (Å²) in [6.45, 7) is 1.37. The van der Waals surface area contributed by atoms with Crippen molar-refractivity contribution in [2.75, 3.05) is 18.9 Å². The molecular weight excluding hydrogens is 463 g/mol. The molecule has 1 saturated carbocycles. The Balaban J connectivity index is 1.39. The number of benzene rings is 2. The van der Waals surface area contributed by atoms with Gasteiger partial charge in [-0.05, 0) is 79.1 Å². The smallest absolute Gasteiger partial charge is 0.313 e. The molecule has 0 aromatic heterocycles. The van der Waals surface area contributed by atoms with Gasteiger partial charge in [0.15, 0.2) is 0 Å². The highest BCUT2D eigenvalue weighted by Crippen LogP contribution is 2.45. The topological polar surface area (TPSA) is 58.6 Å². The lowest BCUT2D eigenvalue weighted by Gasteiger charge is -2.30. The molecule has 1 unspecified atom stereocenters. The van der Waals surface area contributed by atoms with E-state index in [2.05, 4.69) is 9.84 Å². The number of halogens is 2. The first-order chi connectivity index (χ1) is 16.0. The summed E-state index contributed by atoms with van der Waals surface area (Å²) in [5.74, 6) is 0.550. The number of hydrogen-bond donors (Lipinski definition) is 2. The lowest BCUT2D eigenvalue weighted by atomic mass is 9.75. The van der Waals surface area contributed by atoms with Crippen LogP contribution in [-0.4, -0.2) is 23.8 Å². The van der Waals surface area contributed by atoms with Gasteiger partial charge in [0.25, 0.3) is 0 Å². The zero-order valence-electron chi connectivity index (χ0n) is 18.9. The maximum absolute atomic E-state index is 14.5. The van der Waals surface area contributed by atoms with Crippen LogP contribution in [0, 0.1) is 11.6 Å². The van der Waals surface area contributed by atoms with E-state index < -0.39 is 8.25 Å². The van der Waals surface area contributed by atoms with Gasteiger partial charge in [-0.2, -0.15) is 0 Å². The van der Waals surface area contributed by atoms with Crippen molar-refractivity contribution in [3.8, 4) is 0 Å². The first-order valence-electron chi connectivity index (χ1n) is 11.7. The van der Waals surface area contributed by atoms with Crippen LogP contribution in [0.3, 0.4) is 0 Å². The summed E-state index contributed by atoms with van der Waals surface area (Å²) < 4.78 is 43.9. The van der Waals surface area contributed by atoms with Crippen LogP contribution in [0.15, 0.2) is 47.4 Å². The van der Waals surface area contributed by atoms with Crippen LogP contribution in [0.2, 0.25) is 0 Å².